The van der Waals surface area contributed by atoms with Crippen molar-refractivity contribution in [2.45, 2.75) is 13.8 Å². The summed E-state index contributed by atoms with van der Waals surface area (Å²) in [7, 11) is 1.54. The van der Waals surface area contributed by atoms with Crippen molar-refractivity contribution in [3.63, 3.8) is 0 Å². The molecular weight excluding hydrogens is 440 g/mol. The minimum absolute atomic E-state index is 0.0271. The number of benzene rings is 2. The van der Waals surface area contributed by atoms with Gasteiger partial charge in [-0.25, -0.2) is 0 Å². The molecule has 0 radical (unpaired) electrons. The molecule has 0 saturated heterocycles. The Balaban J connectivity index is 1.97. The Bertz CT molecular complexity index is 1050. The number of rotatable bonds is 6. The molecule has 0 fully saturated rings. The van der Waals surface area contributed by atoms with Crippen molar-refractivity contribution in [3.05, 3.63) is 57.6 Å². The molecule has 0 bridgehead atoms. The monoisotopic (exact) mass is 457 g/mol. The van der Waals surface area contributed by atoms with Crippen LogP contribution in [0.1, 0.15) is 29.8 Å². The largest absolute Gasteiger partial charge is 0.545 e. The van der Waals surface area contributed by atoms with E-state index in [9.17, 15) is 14.7 Å². The van der Waals surface area contributed by atoms with Crippen LogP contribution in [-0.2, 0) is 4.79 Å². The van der Waals surface area contributed by atoms with Crippen LogP contribution in [0.25, 0.3) is 6.08 Å². The average molecular weight is 458 g/mol. The summed E-state index contributed by atoms with van der Waals surface area (Å²) >= 11 is 3.47. The predicted molar refractivity (Wildman–Crippen MR) is 111 cm³/mol. The number of carbonyl (C=O) groups excluding carboxylic acids is 2. The highest BCUT2D eigenvalue weighted by atomic mass is 79.9. The Kier molecular flexibility index (Phi) is 6.03. The zero-order valence-corrected chi connectivity index (χ0v) is 17.6. The van der Waals surface area contributed by atoms with Gasteiger partial charge in [0.15, 0.2) is 11.5 Å². The second-order valence-electron chi connectivity index (χ2n) is 6.17. The minimum Gasteiger partial charge on any atom is -0.545 e. The summed E-state index contributed by atoms with van der Waals surface area (Å²) in [6.45, 7) is 4.08. The lowest BCUT2D eigenvalue weighted by Gasteiger charge is -2.14. The van der Waals surface area contributed by atoms with Crippen LogP contribution in [0, 0.1) is 0 Å². The smallest absolute Gasteiger partial charge is 0.280 e. The molecule has 0 saturated carbocycles. The van der Waals surface area contributed by atoms with Crippen LogP contribution in [0.15, 0.2) is 51.5 Å². The number of hydrazone groups is 1. The van der Waals surface area contributed by atoms with Crippen molar-refractivity contribution >= 4 is 45.3 Å². The minimum atomic E-state index is -1.32. The molecule has 8 heteroatoms. The fourth-order valence-electron chi connectivity index (χ4n) is 2.90. The molecule has 1 heterocycles. The number of nitrogens with zero attached hydrogens (tertiary/aromatic N) is 2. The van der Waals surface area contributed by atoms with Crippen molar-refractivity contribution < 1.29 is 24.2 Å². The van der Waals surface area contributed by atoms with Crippen LogP contribution in [0.3, 0.4) is 0 Å². The molecule has 0 N–H and O–H groups in total. The van der Waals surface area contributed by atoms with Gasteiger partial charge >= 0.3 is 0 Å². The van der Waals surface area contributed by atoms with Gasteiger partial charge in [-0.2, -0.15) is 10.1 Å². The molecule has 1 amide bonds. The van der Waals surface area contributed by atoms with Gasteiger partial charge in [-0.3, -0.25) is 4.79 Å². The number of methoxy groups -OCH3 is 1. The average Bonchev–Trinajstić information content (AvgIpc) is 2.98. The lowest BCUT2D eigenvalue weighted by atomic mass is 10.1. The molecule has 0 spiro atoms. The normalized spacial score (nSPS) is 14.9. The van der Waals surface area contributed by atoms with Gasteiger partial charge in [-0.05, 0) is 71.2 Å². The maximum atomic E-state index is 12.9. The number of carboxylic acid groups (broad SMARTS) is 1. The quantitative estimate of drug-likeness (QED) is 0.621. The number of aromatic carboxylic acids is 1. The summed E-state index contributed by atoms with van der Waals surface area (Å²) in [5.74, 6) is -0.559. The number of halogens is 1. The maximum absolute atomic E-state index is 12.9. The third-order valence-electron chi connectivity index (χ3n) is 4.24. The maximum Gasteiger partial charge on any atom is 0.280 e. The Morgan fingerprint density at radius 2 is 2.07 bits per heavy atom. The number of ether oxygens (including phenoxy) is 2. The second kappa shape index (κ2) is 8.48. The summed E-state index contributed by atoms with van der Waals surface area (Å²) in [6.07, 6.45) is 1.70. The van der Waals surface area contributed by atoms with Gasteiger partial charge in [0.05, 0.1) is 41.1 Å². The van der Waals surface area contributed by atoms with E-state index in [4.69, 9.17) is 9.47 Å². The molecule has 7 nitrogen and oxygen atoms in total. The van der Waals surface area contributed by atoms with Crippen LogP contribution in [0.4, 0.5) is 5.69 Å². The molecule has 1 aliphatic heterocycles. The van der Waals surface area contributed by atoms with Crippen LogP contribution in [-0.4, -0.2) is 31.3 Å². The van der Waals surface area contributed by atoms with E-state index in [-0.39, 0.29) is 11.5 Å². The fraction of sp³-hybridized carbons (Fsp3) is 0.190. The third-order valence-corrected chi connectivity index (χ3v) is 4.83. The molecule has 2 aromatic rings. The van der Waals surface area contributed by atoms with Crippen molar-refractivity contribution in [2.75, 3.05) is 18.7 Å². The van der Waals surface area contributed by atoms with E-state index in [1.807, 2.05) is 13.0 Å². The van der Waals surface area contributed by atoms with E-state index >= 15 is 0 Å². The van der Waals surface area contributed by atoms with E-state index in [0.717, 1.165) is 5.56 Å². The standard InChI is InChI=1S/C21H19BrN2O5/c1-4-29-19-17(22)9-13(10-18(19)28-3)8-16-12(2)23-24(20(16)25)15-7-5-6-14(11-15)21(26)27/h5-11H,4H2,1-3H3,(H,26,27)/p-1/b16-8+. The lowest BCUT2D eigenvalue weighted by molar-refractivity contribution is -0.255. The molecule has 0 aliphatic carbocycles. The van der Waals surface area contributed by atoms with Crippen LogP contribution in [0.5, 0.6) is 11.5 Å². The number of carboxylic acids is 1. The Hall–Kier alpha value is -3.13. The molecule has 150 valence electrons. The van der Waals surface area contributed by atoms with Crippen molar-refractivity contribution in [3.8, 4) is 11.5 Å². The van der Waals surface area contributed by atoms with Crippen molar-refractivity contribution in [1.29, 1.82) is 0 Å². The van der Waals surface area contributed by atoms with E-state index in [1.54, 1.807) is 32.2 Å². The number of hydrogen-bond donors (Lipinski definition) is 0. The first kappa shape index (κ1) is 20.6. The SMILES string of the molecule is CCOc1c(Br)cc(/C=C2/C(=O)N(c3cccc(C(=O)[O-])c3)N=C2C)cc1OC. The van der Waals surface area contributed by atoms with Crippen LogP contribution < -0.4 is 19.6 Å². The van der Waals surface area contributed by atoms with Crippen LogP contribution in [0.2, 0.25) is 0 Å². The summed E-state index contributed by atoms with van der Waals surface area (Å²) < 4.78 is 11.7. The van der Waals surface area contributed by atoms with Gasteiger partial charge in [-0.1, -0.05) is 12.1 Å². The summed E-state index contributed by atoms with van der Waals surface area (Å²) in [5, 5.41) is 16.6. The van der Waals surface area contributed by atoms with Gasteiger partial charge in [0.1, 0.15) is 0 Å². The Morgan fingerprint density at radius 3 is 2.72 bits per heavy atom. The van der Waals surface area contributed by atoms with E-state index < -0.39 is 5.97 Å². The summed E-state index contributed by atoms with van der Waals surface area (Å²) in [6, 6.07) is 9.48. The van der Waals surface area contributed by atoms with E-state index in [2.05, 4.69) is 21.0 Å². The van der Waals surface area contributed by atoms with E-state index in [1.165, 1.54) is 23.2 Å². The second-order valence-corrected chi connectivity index (χ2v) is 7.02. The van der Waals surface area contributed by atoms with Crippen LogP contribution >= 0.6 is 15.9 Å². The third kappa shape index (κ3) is 4.17. The molecule has 1 aliphatic rings. The van der Waals surface area contributed by atoms with Gasteiger partial charge in [0.25, 0.3) is 5.91 Å². The highest BCUT2D eigenvalue weighted by molar-refractivity contribution is 9.10. The van der Waals surface area contributed by atoms with Gasteiger partial charge in [0, 0.05) is 0 Å². The van der Waals surface area contributed by atoms with Crippen molar-refractivity contribution in [1.82, 2.24) is 0 Å². The first-order chi connectivity index (χ1) is 13.8. The molecular formula is C21H18BrN2O5-. The summed E-state index contributed by atoms with van der Waals surface area (Å²) in [4.78, 5) is 24.0. The number of hydrogen-bond acceptors (Lipinski definition) is 6. The zero-order valence-electron chi connectivity index (χ0n) is 16.1. The van der Waals surface area contributed by atoms with Gasteiger partial charge in [0.2, 0.25) is 0 Å². The zero-order chi connectivity index (χ0) is 21.1. The first-order valence-electron chi connectivity index (χ1n) is 8.79. The Labute approximate surface area is 176 Å². The molecule has 2 aromatic carbocycles. The first-order valence-corrected chi connectivity index (χ1v) is 9.58. The van der Waals surface area contributed by atoms with Gasteiger partial charge < -0.3 is 19.4 Å². The predicted octanol–water partition coefficient (Wildman–Crippen LogP) is 3.03. The van der Waals surface area contributed by atoms with E-state index in [0.29, 0.717) is 39.6 Å². The molecule has 0 unspecified atom stereocenters. The number of carbonyl (C=O) groups is 2. The molecule has 3 rings (SSSR count). The topological polar surface area (TPSA) is 91.3 Å². The molecule has 0 aromatic heterocycles. The molecule has 0 atom stereocenters. The highest BCUT2D eigenvalue weighted by Crippen LogP contribution is 2.37. The number of anilines is 1. The van der Waals surface area contributed by atoms with Crippen molar-refractivity contribution in [2.24, 2.45) is 5.10 Å². The summed E-state index contributed by atoms with van der Waals surface area (Å²) in [5.41, 5.74) is 1.95. The Morgan fingerprint density at radius 1 is 1.31 bits per heavy atom. The lowest BCUT2D eigenvalue weighted by Crippen LogP contribution is -2.24. The van der Waals surface area contributed by atoms with Gasteiger partial charge in [-0.15, -0.1) is 0 Å². The highest BCUT2D eigenvalue weighted by Gasteiger charge is 2.29. The molecule has 29 heavy (non-hydrogen) atoms. The number of amides is 1. The fourth-order valence-corrected chi connectivity index (χ4v) is 3.47.